The van der Waals surface area contributed by atoms with Crippen molar-refractivity contribution in [3.8, 4) is 16.9 Å². The van der Waals surface area contributed by atoms with E-state index in [1.807, 2.05) is 0 Å². The largest absolute Gasteiger partial charge is 0.496 e. The van der Waals surface area contributed by atoms with Crippen molar-refractivity contribution in [3.63, 3.8) is 0 Å². The van der Waals surface area contributed by atoms with Crippen molar-refractivity contribution >= 4 is 6.08 Å². The fourth-order valence-corrected chi connectivity index (χ4v) is 3.45. The van der Waals surface area contributed by atoms with Crippen LogP contribution in [0.4, 0.5) is 0 Å². The van der Waals surface area contributed by atoms with Crippen LogP contribution in [0.1, 0.15) is 44.4 Å². The smallest absolute Gasteiger partial charge is 0.123 e. The molecule has 0 N–H and O–H groups in total. The van der Waals surface area contributed by atoms with Crippen LogP contribution in [0, 0.1) is 0 Å². The molecule has 1 aliphatic rings. The summed E-state index contributed by atoms with van der Waals surface area (Å²) >= 11 is 0. The molecule has 0 saturated heterocycles. The minimum absolute atomic E-state index is 0.0237. The van der Waals surface area contributed by atoms with Crippen LogP contribution < -0.4 is 4.74 Å². The summed E-state index contributed by atoms with van der Waals surface area (Å²) in [6.45, 7) is 8.98. The zero-order chi connectivity index (χ0) is 15.9. The molecule has 0 radical (unpaired) electrons. The molecular weight excluding hydrogens is 268 g/mol. The average Bonchev–Trinajstić information content (AvgIpc) is 2.85. The monoisotopic (exact) mass is 292 g/mol. The van der Waals surface area contributed by atoms with Gasteiger partial charge in [0.1, 0.15) is 5.75 Å². The van der Waals surface area contributed by atoms with Gasteiger partial charge in [0.15, 0.2) is 0 Å². The highest BCUT2D eigenvalue weighted by Gasteiger charge is 2.28. The lowest BCUT2D eigenvalue weighted by Gasteiger charge is -2.28. The van der Waals surface area contributed by atoms with E-state index in [2.05, 4.69) is 70.2 Å². The first kappa shape index (κ1) is 14.9. The molecule has 3 rings (SSSR count). The van der Waals surface area contributed by atoms with Crippen molar-refractivity contribution in [2.45, 2.75) is 39.5 Å². The van der Waals surface area contributed by atoms with Gasteiger partial charge in [-0.15, -0.1) is 0 Å². The van der Waals surface area contributed by atoms with Gasteiger partial charge in [-0.05, 0) is 47.1 Å². The van der Waals surface area contributed by atoms with Gasteiger partial charge in [-0.3, -0.25) is 0 Å². The molecule has 0 bridgehead atoms. The summed E-state index contributed by atoms with van der Waals surface area (Å²) in [5.41, 5.74) is 8.09. The third-order valence-electron chi connectivity index (χ3n) is 4.31. The Morgan fingerprint density at radius 1 is 1.05 bits per heavy atom. The molecule has 0 spiro atoms. The van der Waals surface area contributed by atoms with Gasteiger partial charge in [0, 0.05) is 5.56 Å². The Hall–Kier alpha value is -2.02. The zero-order valence-electron chi connectivity index (χ0n) is 14.2. The molecule has 2 aromatic carbocycles. The van der Waals surface area contributed by atoms with Gasteiger partial charge in [0.25, 0.3) is 0 Å². The number of allylic oxidation sites excluding steroid dienone is 1. The molecule has 2 aromatic rings. The number of rotatable bonds is 2. The maximum absolute atomic E-state index is 5.77. The standard InChI is InChI=1S/C21H24O/c1-14-11-16-13-18(22-5)20(21(2,3)4)19(17(16)12-14)15-9-7-6-8-10-15/h6-10,12-13H,11H2,1-5H3. The minimum atomic E-state index is 0.0237. The SMILES string of the molecule is COc1cc2c(c(-c3ccccc3)c1C(C)(C)C)C=C(C)C2. The number of benzene rings is 2. The molecule has 0 saturated carbocycles. The highest BCUT2D eigenvalue weighted by molar-refractivity contribution is 5.85. The van der Waals surface area contributed by atoms with Crippen LogP contribution in [-0.2, 0) is 11.8 Å². The van der Waals surface area contributed by atoms with Crippen LogP contribution >= 0.6 is 0 Å². The molecule has 22 heavy (non-hydrogen) atoms. The molecule has 0 atom stereocenters. The van der Waals surface area contributed by atoms with Gasteiger partial charge in [-0.25, -0.2) is 0 Å². The van der Waals surface area contributed by atoms with Gasteiger partial charge in [-0.2, -0.15) is 0 Å². The molecule has 1 nitrogen and oxygen atoms in total. The second kappa shape index (κ2) is 5.31. The van der Waals surface area contributed by atoms with E-state index in [1.54, 1.807) is 7.11 Å². The third kappa shape index (κ3) is 2.45. The Morgan fingerprint density at radius 3 is 2.32 bits per heavy atom. The number of ether oxygens (including phenoxy) is 1. The van der Waals surface area contributed by atoms with Crippen LogP contribution in [0.3, 0.4) is 0 Å². The summed E-state index contributed by atoms with van der Waals surface area (Å²) in [6, 6.07) is 12.9. The molecular formula is C21H24O. The topological polar surface area (TPSA) is 9.23 Å². The lowest BCUT2D eigenvalue weighted by atomic mass is 9.78. The maximum Gasteiger partial charge on any atom is 0.123 e. The number of methoxy groups -OCH3 is 1. The maximum atomic E-state index is 5.77. The van der Waals surface area contributed by atoms with E-state index in [1.165, 1.54) is 33.4 Å². The van der Waals surface area contributed by atoms with Crippen LogP contribution in [-0.4, -0.2) is 7.11 Å². The predicted octanol–water partition coefficient (Wildman–Crippen LogP) is 5.62. The number of fused-ring (bicyclic) bond motifs is 1. The first-order valence-electron chi connectivity index (χ1n) is 7.88. The van der Waals surface area contributed by atoms with E-state index in [0.717, 1.165) is 12.2 Å². The van der Waals surface area contributed by atoms with Crippen molar-refractivity contribution in [1.29, 1.82) is 0 Å². The van der Waals surface area contributed by atoms with Crippen LogP contribution in [0.5, 0.6) is 5.75 Å². The van der Waals surface area contributed by atoms with Crippen molar-refractivity contribution in [2.24, 2.45) is 0 Å². The second-order valence-corrected chi connectivity index (χ2v) is 7.19. The van der Waals surface area contributed by atoms with Crippen molar-refractivity contribution in [1.82, 2.24) is 0 Å². The quantitative estimate of drug-likeness (QED) is 0.698. The van der Waals surface area contributed by atoms with Gasteiger partial charge in [0.2, 0.25) is 0 Å². The molecule has 0 fully saturated rings. The first-order chi connectivity index (χ1) is 10.4. The molecule has 114 valence electrons. The van der Waals surface area contributed by atoms with Gasteiger partial charge in [-0.1, -0.05) is 62.8 Å². The first-order valence-corrected chi connectivity index (χ1v) is 7.88. The Labute approximate surface area is 133 Å². The van der Waals surface area contributed by atoms with Crippen LogP contribution in [0.25, 0.3) is 17.2 Å². The van der Waals surface area contributed by atoms with Crippen LogP contribution in [0.2, 0.25) is 0 Å². The second-order valence-electron chi connectivity index (χ2n) is 7.19. The Balaban J connectivity index is 2.40. The van der Waals surface area contributed by atoms with Gasteiger partial charge in [0.05, 0.1) is 7.11 Å². The van der Waals surface area contributed by atoms with Gasteiger partial charge >= 0.3 is 0 Å². The van der Waals surface area contributed by atoms with E-state index in [0.29, 0.717) is 0 Å². The molecule has 1 aliphatic carbocycles. The molecule has 0 aromatic heterocycles. The van der Waals surface area contributed by atoms with Crippen LogP contribution in [0.15, 0.2) is 42.0 Å². The number of hydrogen-bond donors (Lipinski definition) is 0. The van der Waals surface area contributed by atoms with E-state index < -0.39 is 0 Å². The number of hydrogen-bond acceptors (Lipinski definition) is 1. The zero-order valence-corrected chi connectivity index (χ0v) is 14.2. The van der Waals surface area contributed by atoms with E-state index in [9.17, 15) is 0 Å². The van der Waals surface area contributed by atoms with Crippen molar-refractivity contribution in [2.75, 3.05) is 7.11 Å². The molecule has 0 heterocycles. The summed E-state index contributed by atoms with van der Waals surface area (Å²) in [5, 5.41) is 0. The summed E-state index contributed by atoms with van der Waals surface area (Å²) in [6.07, 6.45) is 3.36. The molecule has 0 aliphatic heterocycles. The van der Waals surface area contributed by atoms with Crippen molar-refractivity contribution in [3.05, 3.63) is 58.7 Å². The van der Waals surface area contributed by atoms with Gasteiger partial charge < -0.3 is 4.74 Å². The summed E-state index contributed by atoms with van der Waals surface area (Å²) in [4.78, 5) is 0. The summed E-state index contributed by atoms with van der Waals surface area (Å²) in [7, 11) is 1.78. The lowest BCUT2D eigenvalue weighted by Crippen LogP contribution is -2.16. The lowest BCUT2D eigenvalue weighted by molar-refractivity contribution is 0.397. The molecule has 1 heteroatoms. The highest BCUT2D eigenvalue weighted by Crippen LogP contribution is 2.46. The van der Waals surface area contributed by atoms with E-state index in [-0.39, 0.29) is 5.41 Å². The predicted molar refractivity (Wildman–Crippen MR) is 94.5 cm³/mol. The minimum Gasteiger partial charge on any atom is -0.496 e. The fraction of sp³-hybridized carbons (Fsp3) is 0.333. The third-order valence-corrected chi connectivity index (χ3v) is 4.31. The summed E-state index contributed by atoms with van der Waals surface area (Å²) < 4.78 is 5.77. The van der Waals surface area contributed by atoms with Crippen molar-refractivity contribution < 1.29 is 4.74 Å². The normalized spacial score (nSPS) is 13.8. The molecule has 0 unspecified atom stereocenters. The average molecular weight is 292 g/mol. The fourth-order valence-electron chi connectivity index (χ4n) is 3.45. The Kier molecular flexibility index (Phi) is 3.60. The highest BCUT2D eigenvalue weighted by atomic mass is 16.5. The molecule has 0 amide bonds. The Bertz CT molecular complexity index is 731. The summed E-state index contributed by atoms with van der Waals surface area (Å²) in [5.74, 6) is 1.01. The van der Waals surface area contributed by atoms with E-state index in [4.69, 9.17) is 4.74 Å². The Morgan fingerprint density at radius 2 is 1.73 bits per heavy atom. The van der Waals surface area contributed by atoms with E-state index >= 15 is 0 Å².